The first-order chi connectivity index (χ1) is 13.0. The third-order valence-corrected chi connectivity index (χ3v) is 5.12. The van der Waals surface area contributed by atoms with E-state index in [9.17, 15) is 4.79 Å². The molecular formula is C21H27ClN4O. The summed E-state index contributed by atoms with van der Waals surface area (Å²) in [6, 6.07) is 13.8. The largest absolute Gasteiger partial charge is 0.384 e. The molecule has 0 bridgehead atoms. The van der Waals surface area contributed by atoms with Crippen molar-refractivity contribution < 1.29 is 4.79 Å². The number of nitrogens with one attached hydrogen (secondary N) is 2. The molecule has 1 heterocycles. The monoisotopic (exact) mass is 386 g/mol. The van der Waals surface area contributed by atoms with Crippen LogP contribution in [0.2, 0.25) is 5.02 Å². The van der Waals surface area contributed by atoms with E-state index in [-0.39, 0.29) is 5.91 Å². The van der Waals surface area contributed by atoms with Gasteiger partial charge in [0.05, 0.1) is 0 Å². The summed E-state index contributed by atoms with van der Waals surface area (Å²) in [5.74, 6) is -0.00507. The van der Waals surface area contributed by atoms with Crippen molar-refractivity contribution in [1.29, 1.82) is 0 Å². The van der Waals surface area contributed by atoms with E-state index >= 15 is 0 Å². The van der Waals surface area contributed by atoms with Gasteiger partial charge in [-0.05, 0) is 55.9 Å². The highest BCUT2D eigenvalue weighted by Crippen LogP contribution is 2.21. The minimum atomic E-state index is -0.00507. The number of benzene rings is 2. The lowest BCUT2D eigenvalue weighted by atomic mass is 10.2. The van der Waals surface area contributed by atoms with Gasteiger partial charge < -0.3 is 20.4 Å². The quantitative estimate of drug-likeness (QED) is 0.791. The van der Waals surface area contributed by atoms with Crippen LogP contribution >= 0.6 is 11.6 Å². The lowest BCUT2D eigenvalue weighted by Crippen LogP contribution is -2.44. The normalized spacial score (nSPS) is 14.9. The molecule has 2 N–H and O–H groups in total. The zero-order valence-electron chi connectivity index (χ0n) is 16.0. The summed E-state index contributed by atoms with van der Waals surface area (Å²) in [5, 5.41) is 6.92. The number of amides is 1. The molecule has 0 unspecified atom stereocenters. The summed E-state index contributed by atoms with van der Waals surface area (Å²) in [5.41, 5.74) is 4.11. The van der Waals surface area contributed by atoms with Crippen LogP contribution in [0.5, 0.6) is 0 Å². The van der Waals surface area contributed by atoms with Crippen molar-refractivity contribution in [3.05, 3.63) is 53.1 Å². The Morgan fingerprint density at radius 2 is 1.78 bits per heavy atom. The number of aryl methyl sites for hydroxylation is 1. The maximum absolute atomic E-state index is 12.2. The van der Waals surface area contributed by atoms with Gasteiger partial charge in [-0.3, -0.25) is 4.79 Å². The number of hydrogen-bond donors (Lipinski definition) is 2. The number of carbonyl (C=O) groups is 1. The highest BCUT2D eigenvalue weighted by Gasteiger charge is 2.14. The topological polar surface area (TPSA) is 47.6 Å². The van der Waals surface area contributed by atoms with Crippen molar-refractivity contribution in [3.63, 3.8) is 0 Å². The summed E-state index contributed by atoms with van der Waals surface area (Å²) < 4.78 is 0. The third kappa shape index (κ3) is 5.62. The van der Waals surface area contributed by atoms with E-state index in [4.69, 9.17) is 11.6 Å². The minimum absolute atomic E-state index is 0.00507. The number of likely N-dealkylation sites (N-methyl/N-ethyl adjacent to an activating group) is 1. The predicted molar refractivity (Wildman–Crippen MR) is 114 cm³/mol. The number of hydrogen-bond acceptors (Lipinski definition) is 4. The van der Waals surface area contributed by atoms with E-state index in [0.717, 1.165) is 43.1 Å². The molecule has 1 fully saturated rings. The average molecular weight is 387 g/mol. The predicted octanol–water partition coefficient (Wildman–Crippen LogP) is 3.84. The van der Waals surface area contributed by atoms with Gasteiger partial charge in [0.2, 0.25) is 5.91 Å². The molecule has 27 heavy (non-hydrogen) atoms. The molecule has 6 heteroatoms. The first-order valence-electron chi connectivity index (χ1n) is 9.35. The summed E-state index contributed by atoms with van der Waals surface area (Å²) in [6.45, 7) is 6.82. The number of anilines is 3. The Labute approximate surface area is 166 Å². The van der Waals surface area contributed by atoms with Crippen molar-refractivity contribution in [3.8, 4) is 0 Å². The van der Waals surface area contributed by atoms with Gasteiger partial charge in [0.25, 0.3) is 0 Å². The van der Waals surface area contributed by atoms with Crippen molar-refractivity contribution in [2.75, 3.05) is 55.3 Å². The van der Waals surface area contributed by atoms with Crippen LogP contribution in [-0.2, 0) is 4.79 Å². The highest BCUT2D eigenvalue weighted by atomic mass is 35.5. The van der Waals surface area contributed by atoms with Crippen molar-refractivity contribution in [1.82, 2.24) is 4.90 Å². The second kappa shape index (κ2) is 9.11. The molecule has 144 valence electrons. The molecular weight excluding hydrogens is 360 g/mol. The fraction of sp³-hybridized carbons (Fsp3) is 0.381. The lowest BCUT2D eigenvalue weighted by Gasteiger charge is -2.34. The molecule has 1 aliphatic heterocycles. The van der Waals surface area contributed by atoms with E-state index in [0.29, 0.717) is 18.0 Å². The van der Waals surface area contributed by atoms with Crippen LogP contribution in [0.1, 0.15) is 12.0 Å². The Hall–Kier alpha value is -2.24. The van der Waals surface area contributed by atoms with Gasteiger partial charge in [-0.15, -0.1) is 0 Å². The summed E-state index contributed by atoms with van der Waals surface area (Å²) in [6.07, 6.45) is 0.395. The Kier molecular flexibility index (Phi) is 6.58. The zero-order chi connectivity index (χ0) is 19.2. The summed E-state index contributed by atoms with van der Waals surface area (Å²) >= 11 is 6.02. The van der Waals surface area contributed by atoms with Crippen LogP contribution in [0.4, 0.5) is 17.1 Å². The smallest absolute Gasteiger partial charge is 0.226 e. The maximum atomic E-state index is 12.2. The van der Waals surface area contributed by atoms with Gasteiger partial charge in [-0.2, -0.15) is 0 Å². The Morgan fingerprint density at radius 3 is 2.48 bits per heavy atom. The van der Waals surface area contributed by atoms with Crippen LogP contribution in [0.15, 0.2) is 42.5 Å². The lowest BCUT2D eigenvalue weighted by molar-refractivity contribution is -0.115. The molecule has 1 amide bonds. The summed E-state index contributed by atoms with van der Waals surface area (Å²) in [7, 11) is 2.15. The molecule has 5 nitrogen and oxygen atoms in total. The van der Waals surface area contributed by atoms with E-state index in [2.05, 4.69) is 39.6 Å². The van der Waals surface area contributed by atoms with Gasteiger partial charge in [-0.1, -0.05) is 17.7 Å². The van der Waals surface area contributed by atoms with E-state index < -0.39 is 0 Å². The standard InChI is InChI=1S/C21H27ClN4O/c1-16-3-4-17(22)15-20(16)23-10-9-21(27)24-18-5-7-19(8-6-18)26-13-11-25(2)12-14-26/h3-8,15,23H,9-14H2,1-2H3,(H,24,27). The molecule has 0 aliphatic carbocycles. The van der Waals surface area contributed by atoms with Gasteiger partial charge >= 0.3 is 0 Å². The SMILES string of the molecule is Cc1ccc(Cl)cc1NCCC(=O)Nc1ccc(N2CCN(C)CC2)cc1. The van der Waals surface area contributed by atoms with E-state index in [1.54, 1.807) is 0 Å². The van der Waals surface area contributed by atoms with Crippen molar-refractivity contribution >= 4 is 34.6 Å². The van der Waals surface area contributed by atoms with Crippen LogP contribution < -0.4 is 15.5 Å². The van der Waals surface area contributed by atoms with Crippen molar-refractivity contribution in [2.45, 2.75) is 13.3 Å². The first kappa shape index (κ1) is 19.5. The van der Waals surface area contributed by atoms with E-state index in [1.807, 2.05) is 37.3 Å². The molecule has 0 saturated carbocycles. The minimum Gasteiger partial charge on any atom is -0.384 e. The zero-order valence-corrected chi connectivity index (χ0v) is 16.7. The van der Waals surface area contributed by atoms with Crippen LogP contribution in [-0.4, -0.2) is 50.6 Å². The second-order valence-electron chi connectivity index (χ2n) is 7.02. The second-order valence-corrected chi connectivity index (χ2v) is 7.46. The van der Waals surface area contributed by atoms with Crippen LogP contribution in [0.3, 0.4) is 0 Å². The fourth-order valence-electron chi connectivity index (χ4n) is 3.14. The molecule has 0 spiro atoms. The third-order valence-electron chi connectivity index (χ3n) is 4.89. The number of nitrogens with zero attached hydrogens (tertiary/aromatic N) is 2. The number of piperazine rings is 1. The molecule has 0 atom stereocenters. The molecule has 2 aromatic carbocycles. The maximum Gasteiger partial charge on any atom is 0.226 e. The van der Waals surface area contributed by atoms with E-state index in [1.165, 1.54) is 5.69 Å². The molecule has 0 aromatic heterocycles. The van der Waals surface area contributed by atoms with Gasteiger partial charge in [0.15, 0.2) is 0 Å². The Bertz CT molecular complexity index is 770. The molecule has 1 saturated heterocycles. The summed E-state index contributed by atoms with van der Waals surface area (Å²) in [4.78, 5) is 16.9. The van der Waals surface area contributed by atoms with Gasteiger partial charge in [-0.25, -0.2) is 0 Å². The van der Waals surface area contributed by atoms with Gasteiger partial charge in [0.1, 0.15) is 0 Å². The first-order valence-corrected chi connectivity index (χ1v) is 9.72. The van der Waals surface area contributed by atoms with Gasteiger partial charge in [0, 0.05) is 61.2 Å². The number of halogens is 1. The Morgan fingerprint density at radius 1 is 1.07 bits per heavy atom. The number of carbonyl (C=O) groups excluding carboxylic acids is 1. The van der Waals surface area contributed by atoms with Crippen LogP contribution in [0, 0.1) is 6.92 Å². The molecule has 1 aliphatic rings. The fourth-order valence-corrected chi connectivity index (χ4v) is 3.31. The van der Waals surface area contributed by atoms with Crippen LogP contribution in [0.25, 0.3) is 0 Å². The molecule has 3 rings (SSSR count). The average Bonchev–Trinajstić information content (AvgIpc) is 2.66. The molecule has 0 radical (unpaired) electrons. The molecule has 2 aromatic rings. The number of rotatable bonds is 6. The van der Waals surface area contributed by atoms with Crippen molar-refractivity contribution in [2.24, 2.45) is 0 Å². The highest BCUT2D eigenvalue weighted by molar-refractivity contribution is 6.30. The Balaban J connectivity index is 1.46.